The molecule has 0 unspecified atom stereocenters. The number of carbonyl (C=O) groups excluding carboxylic acids is 1. The van der Waals surface area contributed by atoms with Gasteiger partial charge in [0.1, 0.15) is 0 Å². The maximum atomic E-state index is 11.9. The number of hydrogen-bond acceptors (Lipinski definition) is 3. The fourth-order valence-corrected chi connectivity index (χ4v) is 3.00. The highest BCUT2D eigenvalue weighted by atomic mass is 16.2. The quantitative estimate of drug-likeness (QED) is 0.731. The highest BCUT2D eigenvalue weighted by molar-refractivity contribution is 5.78. The lowest BCUT2D eigenvalue weighted by molar-refractivity contribution is -0.136. The summed E-state index contributed by atoms with van der Waals surface area (Å²) in [5, 5.41) is 0. The minimum Gasteiger partial charge on any atom is -0.342 e. The molecule has 0 radical (unpaired) electrons. The number of rotatable bonds is 2. The molecule has 0 aromatic carbocycles. The number of piperidine rings is 1. The molecule has 0 aromatic heterocycles. The predicted molar refractivity (Wildman–Crippen MR) is 73.5 cm³/mol. The zero-order chi connectivity index (χ0) is 13.1. The average molecular weight is 253 g/mol. The summed E-state index contributed by atoms with van der Waals surface area (Å²) in [5.74, 6) is 0.469. The van der Waals surface area contributed by atoms with Gasteiger partial charge in [-0.05, 0) is 19.9 Å². The lowest BCUT2D eigenvalue weighted by atomic mass is 10.0. The van der Waals surface area contributed by atoms with E-state index in [1.807, 2.05) is 13.8 Å². The minimum absolute atomic E-state index is 0.144. The molecule has 2 heterocycles. The van der Waals surface area contributed by atoms with Crippen LogP contribution in [0.2, 0.25) is 0 Å². The zero-order valence-corrected chi connectivity index (χ0v) is 12.1. The Bertz CT molecular complexity index is 277. The average Bonchev–Trinajstić information content (AvgIpc) is 2.39. The van der Waals surface area contributed by atoms with Crippen LogP contribution in [-0.4, -0.2) is 73.0 Å². The Labute approximate surface area is 111 Å². The second kappa shape index (κ2) is 6.02. The van der Waals surface area contributed by atoms with E-state index in [2.05, 4.69) is 21.7 Å². The van der Waals surface area contributed by atoms with Crippen molar-refractivity contribution < 1.29 is 4.79 Å². The maximum absolute atomic E-state index is 11.9. The van der Waals surface area contributed by atoms with Crippen molar-refractivity contribution in [3.05, 3.63) is 0 Å². The molecular weight excluding hydrogens is 226 g/mol. The molecule has 0 atom stereocenters. The van der Waals surface area contributed by atoms with Gasteiger partial charge in [-0.2, -0.15) is 0 Å². The molecule has 0 spiro atoms. The van der Waals surface area contributed by atoms with Crippen LogP contribution in [0.3, 0.4) is 0 Å². The van der Waals surface area contributed by atoms with E-state index >= 15 is 0 Å². The second-order valence-corrected chi connectivity index (χ2v) is 6.05. The Morgan fingerprint density at radius 2 is 1.56 bits per heavy atom. The van der Waals surface area contributed by atoms with Crippen LogP contribution in [0.5, 0.6) is 0 Å². The molecule has 0 bridgehead atoms. The molecule has 2 rings (SSSR count). The number of piperazine rings is 1. The van der Waals surface area contributed by atoms with E-state index in [0.29, 0.717) is 11.9 Å². The molecule has 2 aliphatic rings. The minimum atomic E-state index is 0.144. The van der Waals surface area contributed by atoms with Gasteiger partial charge in [0.15, 0.2) is 0 Å². The fraction of sp³-hybridized carbons (Fsp3) is 0.929. The summed E-state index contributed by atoms with van der Waals surface area (Å²) in [6.45, 7) is 10.7. The molecule has 2 saturated heterocycles. The molecule has 4 heteroatoms. The predicted octanol–water partition coefficient (Wildman–Crippen LogP) is 0.881. The highest BCUT2D eigenvalue weighted by Crippen LogP contribution is 2.19. The van der Waals surface area contributed by atoms with Crippen LogP contribution >= 0.6 is 0 Å². The van der Waals surface area contributed by atoms with Crippen molar-refractivity contribution in [2.75, 3.05) is 46.3 Å². The molecule has 0 aliphatic carbocycles. The maximum Gasteiger partial charge on any atom is 0.225 e. The van der Waals surface area contributed by atoms with Crippen LogP contribution in [0.4, 0.5) is 0 Å². The van der Waals surface area contributed by atoms with Crippen molar-refractivity contribution in [1.29, 1.82) is 0 Å². The largest absolute Gasteiger partial charge is 0.342 e. The number of nitrogens with zero attached hydrogens (tertiary/aromatic N) is 3. The summed E-state index contributed by atoms with van der Waals surface area (Å²) in [7, 11) is 2.20. The first-order valence-corrected chi connectivity index (χ1v) is 7.29. The van der Waals surface area contributed by atoms with Gasteiger partial charge in [-0.25, -0.2) is 0 Å². The summed E-state index contributed by atoms with van der Waals surface area (Å²) in [5.41, 5.74) is 0. The molecule has 0 N–H and O–H groups in total. The molecule has 0 saturated carbocycles. The van der Waals surface area contributed by atoms with E-state index in [0.717, 1.165) is 25.9 Å². The van der Waals surface area contributed by atoms with Gasteiger partial charge in [-0.3, -0.25) is 9.69 Å². The van der Waals surface area contributed by atoms with Gasteiger partial charge in [-0.15, -0.1) is 0 Å². The zero-order valence-electron chi connectivity index (χ0n) is 12.1. The van der Waals surface area contributed by atoms with Crippen molar-refractivity contribution >= 4 is 5.91 Å². The molecule has 18 heavy (non-hydrogen) atoms. The summed E-state index contributed by atoms with van der Waals surface area (Å²) < 4.78 is 0. The van der Waals surface area contributed by atoms with E-state index in [-0.39, 0.29) is 5.92 Å². The number of amides is 1. The number of likely N-dealkylation sites (N-methyl/N-ethyl adjacent to an activating group) is 1. The standard InChI is InChI=1S/C14H27N3O/c1-12(2)14(18)17-6-4-13(5-7-17)16-10-8-15(3)9-11-16/h12-13H,4-11H2,1-3H3. The van der Waals surface area contributed by atoms with Gasteiger partial charge in [0.05, 0.1) is 0 Å². The lowest BCUT2D eigenvalue weighted by Gasteiger charge is -2.42. The third-order valence-corrected chi connectivity index (χ3v) is 4.32. The van der Waals surface area contributed by atoms with Gasteiger partial charge >= 0.3 is 0 Å². The van der Waals surface area contributed by atoms with E-state index in [1.54, 1.807) is 0 Å². The second-order valence-electron chi connectivity index (χ2n) is 6.05. The third kappa shape index (κ3) is 3.23. The van der Waals surface area contributed by atoms with E-state index in [9.17, 15) is 4.79 Å². The van der Waals surface area contributed by atoms with E-state index in [1.165, 1.54) is 26.2 Å². The topological polar surface area (TPSA) is 26.8 Å². The molecular formula is C14H27N3O. The molecule has 104 valence electrons. The number of carbonyl (C=O) groups is 1. The third-order valence-electron chi connectivity index (χ3n) is 4.32. The van der Waals surface area contributed by atoms with Gasteiger partial charge in [0, 0.05) is 51.2 Å². The summed E-state index contributed by atoms with van der Waals surface area (Å²) in [6.07, 6.45) is 2.31. The van der Waals surface area contributed by atoms with Gasteiger partial charge in [0.2, 0.25) is 5.91 Å². The van der Waals surface area contributed by atoms with Crippen LogP contribution in [-0.2, 0) is 4.79 Å². The summed E-state index contributed by atoms with van der Waals surface area (Å²) in [4.78, 5) is 19.0. The smallest absolute Gasteiger partial charge is 0.225 e. The SMILES string of the molecule is CC(C)C(=O)N1CCC(N2CCN(C)CC2)CC1. The van der Waals surface area contributed by atoms with Crippen LogP contribution in [0, 0.1) is 5.92 Å². The molecule has 4 nitrogen and oxygen atoms in total. The molecule has 2 aliphatic heterocycles. The Morgan fingerprint density at radius 3 is 2.06 bits per heavy atom. The highest BCUT2D eigenvalue weighted by Gasteiger charge is 2.28. The monoisotopic (exact) mass is 253 g/mol. The molecule has 0 aromatic rings. The molecule has 2 fully saturated rings. The lowest BCUT2D eigenvalue weighted by Crippen LogP contribution is -2.53. The normalized spacial score (nSPS) is 24.8. The van der Waals surface area contributed by atoms with E-state index < -0.39 is 0 Å². The Balaban J connectivity index is 1.78. The number of hydrogen-bond donors (Lipinski definition) is 0. The van der Waals surface area contributed by atoms with Crippen LogP contribution in [0.1, 0.15) is 26.7 Å². The van der Waals surface area contributed by atoms with Crippen LogP contribution < -0.4 is 0 Å². The first-order chi connectivity index (χ1) is 8.58. The van der Waals surface area contributed by atoms with Crippen molar-refractivity contribution in [3.63, 3.8) is 0 Å². The Kier molecular flexibility index (Phi) is 4.62. The Hall–Kier alpha value is -0.610. The van der Waals surface area contributed by atoms with Crippen LogP contribution in [0.25, 0.3) is 0 Å². The van der Waals surface area contributed by atoms with Crippen molar-refractivity contribution in [1.82, 2.24) is 14.7 Å². The van der Waals surface area contributed by atoms with Crippen LogP contribution in [0.15, 0.2) is 0 Å². The number of likely N-dealkylation sites (tertiary alicyclic amines) is 1. The first kappa shape index (κ1) is 13.8. The van der Waals surface area contributed by atoms with Crippen molar-refractivity contribution in [3.8, 4) is 0 Å². The Morgan fingerprint density at radius 1 is 1.00 bits per heavy atom. The van der Waals surface area contributed by atoms with Crippen molar-refractivity contribution in [2.45, 2.75) is 32.7 Å². The van der Waals surface area contributed by atoms with Gasteiger partial charge < -0.3 is 9.80 Å². The first-order valence-electron chi connectivity index (χ1n) is 7.29. The van der Waals surface area contributed by atoms with Gasteiger partial charge in [-0.1, -0.05) is 13.8 Å². The summed E-state index contributed by atoms with van der Waals surface area (Å²) in [6, 6.07) is 0.704. The van der Waals surface area contributed by atoms with Gasteiger partial charge in [0.25, 0.3) is 0 Å². The molecule has 1 amide bonds. The fourth-order valence-electron chi connectivity index (χ4n) is 3.00. The van der Waals surface area contributed by atoms with E-state index in [4.69, 9.17) is 0 Å². The summed E-state index contributed by atoms with van der Waals surface area (Å²) >= 11 is 0. The van der Waals surface area contributed by atoms with Crippen molar-refractivity contribution in [2.24, 2.45) is 5.92 Å².